The van der Waals surface area contributed by atoms with Gasteiger partial charge in [0.2, 0.25) is 0 Å². The number of amides is 1. The number of nitrogens with zero attached hydrogens (tertiary/aromatic N) is 1. The molecule has 0 bridgehead atoms. The van der Waals surface area contributed by atoms with Crippen LogP contribution >= 0.6 is 11.3 Å². The van der Waals surface area contributed by atoms with Gasteiger partial charge in [-0.1, -0.05) is 12.8 Å². The van der Waals surface area contributed by atoms with Crippen molar-refractivity contribution in [3.63, 3.8) is 0 Å². The highest BCUT2D eigenvalue weighted by Gasteiger charge is 2.24. The van der Waals surface area contributed by atoms with Crippen LogP contribution in [0.5, 0.6) is 0 Å². The monoisotopic (exact) mass is 293 g/mol. The molecule has 4 nitrogen and oxygen atoms in total. The fourth-order valence-corrected chi connectivity index (χ4v) is 4.35. The second kappa shape index (κ2) is 6.22. The summed E-state index contributed by atoms with van der Waals surface area (Å²) in [6.45, 7) is 3.76. The van der Waals surface area contributed by atoms with E-state index in [2.05, 4.69) is 15.6 Å². The number of aryl methyl sites for hydroxylation is 1. The first-order valence-corrected chi connectivity index (χ1v) is 8.54. The number of carbonyl (C=O) groups excluding carboxylic acids is 1. The van der Waals surface area contributed by atoms with E-state index in [9.17, 15) is 4.79 Å². The Balaban J connectivity index is 1.61. The Morgan fingerprint density at radius 3 is 2.85 bits per heavy atom. The zero-order valence-electron chi connectivity index (χ0n) is 12.1. The van der Waals surface area contributed by atoms with Crippen molar-refractivity contribution in [3.8, 4) is 0 Å². The number of rotatable bonds is 4. The number of aromatic nitrogens is 1. The van der Waals surface area contributed by atoms with Gasteiger partial charge in [-0.25, -0.2) is 4.98 Å². The molecule has 1 saturated carbocycles. The number of carbonyl (C=O) groups is 1. The van der Waals surface area contributed by atoms with E-state index in [1.54, 1.807) is 11.3 Å². The minimum absolute atomic E-state index is 0.0537. The van der Waals surface area contributed by atoms with Crippen LogP contribution in [0.1, 0.15) is 64.8 Å². The lowest BCUT2D eigenvalue weighted by Gasteiger charge is -2.10. The second-order valence-corrected chi connectivity index (χ2v) is 6.98. The molecule has 1 unspecified atom stereocenters. The molecule has 2 heterocycles. The van der Waals surface area contributed by atoms with Gasteiger partial charge in [0.25, 0.3) is 5.91 Å². The summed E-state index contributed by atoms with van der Waals surface area (Å²) in [5.74, 6) is 0.648. The Morgan fingerprint density at radius 2 is 2.15 bits per heavy atom. The van der Waals surface area contributed by atoms with E-state index >= 15 is 0 Å². The van der Waals surface area contributed by atoms with Crippen LogP contribution in [0.4, 0.5) is 0 Å². The Hall–Kier alpha value is -0.940. The fraction of sp³-hybridized carbons (Fsp3) is 0.733. The van der Waals surface area contributed by atoms with Crippen LogP contribution in [0, 0.1) is 6.92 Å². The maximum atomic E-state index is 12.3. The molecule has 1 saturated heterocycles. The first-order valence-electron chi connectivity index (χ1n) is 7.73. The minimum atomic E-state index is 0.0537. The SMILES string of the molecule is Cc1nc(C2CCCC2)sc1C(=O)NCC1CCCN1. The van der Waals surface area contributed by atoms with Crippen molar-refractivity contribution in [1.82, 2.24) is 15.6 Å². The van der Waals surface area contributed by atoms with Crippen LogP contribution in [0.2, 0.25) is 0 Å². The van der Waals surface area contributed by atoms with Crippen molar-refractivity contribution in [2.24, 2.45) is 0 Å². The first-order chi connectivity index (χ1) is 9.74. The van der Waals surface area contributed by atoms with Crippen LogP contribution in [0.3, 0.4) is 0 Å². The Bertz CT molecular complexity index is 473. The predicted octanol–water partition coefficient (Wildman–Crippen LogP) is 2.59. The lowest BCUT2D eigenvalue weighted by atomic mass is 10.1. The van der Waals surface area contributed by atoms with Crippen LogP contribution in [0.15, 0.2) is 0 Å². The molecule has 1 aliphatic carbocycles. The molecule has 5 heteroatoms. The summed E-state index contributed by atoms with van der Waals surface area (Å²) < 4.78 is 0. The topological polar surface area (TPSA) is 54.0 Å². The molecule has 0 aromatic carbocycles. The van der Waals surface area contributed by atoms with E-state index < -0.39 is 0 Å². The Morgan fingerprint density at radius 1 is 1.35 bits per heavy atom. The van der Waals surface area contributed by atoms with E-state index in [4.69, 9.17) is 0 Å². The first kappa shape index (κ1) is 14.0. The molecule has 2 fully saturated rings. The van der Waals surface area contributed by atoms with E-state index in [1.807, 2.05) is 6.92 Å². The summed E-state index contributed by atoms with van der Waals surface area (Å²) in [6, 6.07) is 0.446. The van der Waals surface area contributed by atoms with Gasteiger partial charge in [0.1, 0.15) is 4.88 Å². The van der Waals surface area contributed by atoms with Gasteiger partial charge >= 0.3 is 0 Å². The average Bonchev–Trinajstić information content (AvgIpc) is 3.17. The Labute approximate surface area is 124 Å². The summed E-state index contributed by atoms with van der Waals surface area (Å²) in [6.07, 6.45) is 7.46. The maximum Gasteiger partial charge on any atom is 0.263 e. The van der Waals surface area contributed by atoms with E-state index in [0.29, 0.717) is 12.0 Å². The van der Waals surface area contributed by atoms with Crippen LogP contribution in [-0.2, 0) is 0 Å². The van der Waals surface area contributed by atoms with E-state index in [1.165, 1.54) is 37.1 Å². The molecule has 0 radical (unpaired) electrons. The van der Waals surface area contributed by atoms with Gasteiger partial charge < -0.3 is 10.6 Å². The van der Waals surface area contributed by atoms with Crippen molar-refractivity contribution in [2.45, 2.75) is 57.4 Å². The molecular weight excluding hydrogens is 270 g/mol. The number of nitrogens with one attached hydrogen (secondary N) is 2. The van der Waals surface area contributed by atoms with Gasteiger partial charge in [0.15, 0.2) is 0 Å². The van der Waals surface area contributed by atoms with Crippen molar-refractivity contribution >= 4 is 17.2 Å². The molecule has 2 aliphatic rings. The molecule has 110 valence electrons. The molecule has 2 N–H and O–H groups in total. The lowest BCUT2D eigenvalue weighted by molar-refractivity contribution is 0.0953. The molecule has 1 aromatic heterocycles. The van der Waals surface area contributed by atoms with Crippen LogP contribution < -0.4 is 10.6 Å². The number of hydrogen-bond acceptors (Lipinski definition) is 4. The maximum absolute atomic E-state index is 12.3. The van der Waals surface area contributed by atoms with Crippen molar-refractivity contribution in [2.75, 3.05) is 13.1 Å². The molecule has 1 atom stereocenters. The third-order valence-electron chi connectivity index (χ3n) is 4.40. The zero-order valence-corrected chi connectivity index (χ0v) is 12.9. The summed E-state index contributed by atoms with van der Waals surface area (Å²) in [4.78, 5) is 17.7. The summed E-state index contributed by atoms with van der Waals surface area (Å²) in [5, 5.41) is 7.63. The van der Waals surface area contributed by atoms with Gasteiger partial charge in [0, 0.05) is 18.5 Å². The fourth-order valence-electron chi connectivity index (χ4n) is 3.20. The second-order valence-electron chi connectivity index (χ2n) is 5.95. The van der Waals surface area contributed by atoms with Gasteiger partial charge in [-0.2, -0.15) is 0 Å². The lowest BCUT2D eigenvalue weighted by Crippen LogP contribution is -2.37. The van der Waals surface area contributed by atoms with Crippen molar-refractivity contribution < 1.29 is 4.79 Å². The molecule has 1 aromatic rings. The van der Waals surface area contributed by atoms with Gasteiger partial charge in [0.05, 0.1) is 10.7 Å². The summed E-state index contributed by atoms with van der Waals surface area (Å²) in [5.41, 5.74) is 0.897. The molecule has 0 spiro atoms. The minimum Gasteiger partial charge on any atom is -0.350 e. The average molecular weight is 293 g/mol. The highest BCUT2D eigenvalue weighted by atomic mass is 32.1. The summed E-state index contributed by atoms with van der Waals surface area (Å²) >= 11 is 1.60. The largest absolute Gasteiger partial charge is 0.350 e. The zero-order chi connectivity index (χ0) is 13.9. The van der Waals surface area contributed by atoms with Crippen LogP contribution in [-0.4, -0.2) is 30.0 Å². The molecule has 20 heavy (non-hydrogen) atoms. The van der Waals surface area contributed by atoms with E-state index in [-0.39, 0.29) is 5.91 Å². The third-order valence-corrected chi connectivity index (χ3v) is 5.71. The third kappa shape index (κ3) is 3.04. The highest BCUT2D eigenvalue weighted by Crippen LogP contribution is 2.37. The Kier molecular flexibility index (Phi) is 4.36. The highest BCUT2D eigenvalue weighted by molar-refractivity contribution is 7.13. The molecule has 1 aliphatic heterocycles. The number of thiazole rings is 1. The van der Waals surface area contributed by atoms with Crippen LogP contribution in [0.25, 0.3) is 0 Å². The van der Waals surface area contributed by atoms with Crippen molar-refractivity contribution in [1.29, 1.82) is 0 Å². The standard InChI is InChI=1S/C15H23N3OS/c1-10-13(14(19)17-9-12-7-4-8-16-12)20-15(18-10)11-5-2-3-6-11/h11-12,16H,2-9H2,1H3,(H,17,19). The number of hydrogen-bond donors (Lipinski definition) is 2. The smallest absolute Gasteiger partial charge is 0.263 e. The summed E-state index contributed by atoms with van der Waals surface area (Å²) in [7, 11) is 0. The molecular formula is C15H23N3OS. The molecule has 1 amide bonds. The molecule has 3 rings (SSSR count). The predicted molar refractivity (Wildman–Crippen MR) is 81.4 cm³/mol. The van der Waals surface area contributed by atoms with Gasteiger partial charge in [-0.15, -0.1) is 11.3 Å². The van der Waals surface area contributed by atoms with Crippen molar-refractivity contribution in [3.05, 3.63) is 15.6 Å². The quantitative estimate of drug-likeness (QED) is 0.897. The van der Waals surface area contributed by atoms with E-state index in [0.717, 1.165) is 30.1 Å². The van der Waals surface area contributed by atoms with Gasteiger partial charge in [-0.05, 0) is 39.2 Å². The van der Waals surface area contributed by atoms with Gasteiger partial charge in [-0.3, -0.25) is 4.79 Å². The normalized spacial score (nSPS) is 23.4.